The number of nitrogens with zero attached hydrogens (tertiary/aromatic N) is 1. The number of benzene rings is 1. The van der Waals surface area contributed by atoms with Crippen molar-refractivity contribution < 1.29 is 9.53 Å². The van der Waals surface area contributed by atoms with Crippen LogP contribution in [0.2, 0.25) is 0 Å². The minimum absolute atomic E-state index is 0.269. The Bertz CT molecular complexity index is 292. The Morgan fingerprint density at radius 2 is 1.92 bits per heavy atom. The fourth-order valence-corrected chi connectivity index (χ4v) is 0.786. The molecule has 0 aliphatic rings. The molecule has 0 fully saturated rings. The average Bonchev–Trinajstić information content (AvgIpc) is 2.17. The van der Waals surface area contributed by atoms with Crippen LogP contribution in [-0.2, 0) is 0 Å². The van der Waals surface area contributed by atoms with E-state index in [-0.39, 0.29) is 5.56 Å². The number of carbonyl (C=O) groups is 1. The lowest BCUT2D eigenvalue weighted by Crippen LogP contribution is -1.92. The maximum absolute atomic E-state index is 10.7. The zero-order chi connectivity index (χ0) is 8.97. The van der Waals surface area contributed by atoms with Gasteiger partial charge in [0.25, 0.3) is 0 Å². The van der Waals surface area contributed by atoms with Crippen LogP contribution in [0.1, 0.15) is 10.4 Å². The molecular formula is C8H7NO3. The molecule has 1 aromatic carbocycles. The molecule has 0 spiro atoms. The predicted molar refractivity (Wildman–Crippen MR) is 43.1 cm³/mol. The Morgan fingerprint density at radius 3 is 2.33 bits per heavy atom. The third kappa shape index (κ3) is 1.66. The minimum atomic E-state index is -0.766. The summed E-state index contributed by atoms with van der Waals surface area (Å²) in [5.41, 5.74) is 0.269. The molecule has 0 N–H and O–H groups in total. The number of ether oxygens (including phenoxy) is 1. The van der Waals surface area contributed by atoms with Crippen molar-refractivity contribution in [3.63, 3.8) is 0 Å². The van der Waals surface area contributed by atoms with Crippen LogP contribution in [0.25, 0.3) is 0 Å². The van der Waals surface area contributed by atoms with Crippen molar-refractivity contribution in [1.29, 1.82) is 0 Å². The standard InChI is InChI=1S/C8H7NO3/c1-12-7-4-2-6(3-5-7)8(10)9-11/h2-5H,1H3. The van der Waals surface area contributed by atoms with Gasteiger partial charge in [0.1, 0.15) is 5.75 Å². The van der Waals surface area contributed by atoms with E-state index in [0.29, 0.717) is 5.75 Å². The molecule has 0 saturated heterocycles. The van der Waals surface area contributed by atoms with Crippen LogP contribution in [0.3, 0.4) is 0 Å². The SMILES string of the molecule is COc1ccc(C(=O)N=O)cc1. The Morgan fingerprint density at radius 1 is 1.33 bits per heavy atom. The summed E-state index contributed by atoms with van der Waals surface area (Å²) in [6.07, 6.45) is 0. The Labute approximate surface area is 69.1 Å². The highest BCUT2D eigenvalue weighted by Crippen LogP contribution is 2.11. The van der Waals surface area contributed by atoms with Crippen molar-refractivity contribution >= 4 is 5.91 Å². The van der Waals surface area contributed by atoms with E-state index in [1.807, 2.05) is 0 Å². The number of hydrogen-bond donors (Lipinski definition) is 0. The molecule has 0 unspecified atom stereocenters. The second-order valence-corrected chi connectivity index (χ2v) is 2.12. The highest BCUT2D eigenvalue weighted by Gasteiger charge is 2.03. The fraction of sp³-hybridized carbons (Fsp3) is 0.125. The van der Waals surface area contributed by atoms with E-state index >= 15 is 0 Å². The maximum Gasteiger partial charge on any atom is 0.316 e. The topological polar surface area (TPSA) is 55.7 Å². The van der Waals surface area contributed by atoms with Gasteiger partial charge in [-0.3, -0.25) is 4.79 Å². The molecule has 0 aromatic heterocycles. The van der Waals surface area contributed by atoms with E-state index in [1.54, 1.807) is 12.1 Å². The second-order valence-electron chi connectivity index (χ2n) is 2.12. The van der Waals surface area contributed by atoms with Crippen molar-refractivity contribution in [2.75, 3.05) is 7.11 Å². The number of carbonyl (C=O) groups excluding carboxylic acids is 1. The van der Waals surface area contributed by atoms with E-state index in [1.165, 1.54) is 19.2 Å². The normalized spacial score (nSPS) is 9.08. The summed E-state index contributed by atoms with van der Waals surface area (Å²) in [5, 5.41) is 2.28. The summed E-state index contributed by atoms with van der Waals surface area (Å²) >= 11 is 0. The molecule has 0 saturated carbocycles. The first-order valence-electron chi connectivity index (χ1n) is 3.29. The van der Waals surface area contributed by atoms with Gasteiger partial charge in [-0.15, -0.1) is 4.91 Å². The molecule has 62 valence electrons. The van der Waals surface area contributed by atoms with E-state index in [4.69, 9.17) is 4.74 Å². The number of amides is 1. The highest BCUT2D eigenvalue weighted by atomic mass is 16.5. The molecule has 0 heterocycles. The Balaban J connectivity index is 2.91. The van der Waals surface area contributed by atoms with Gasteiger partial charge < -0.3 is 4.74 Å². The second kappa shape index (κ2) is 3.61. The summed E-state index contributed by atoms with van der Waals surface area (Å²) < 4.78 is 4.86. The summed E-state index contributed by atoms with van der Waals surface area (Å²) in [7, 11) is 1.52. The van der Waals surface area contributed by atoms with Gasteiger partial charge in [0.15, 0.2) is 0 Å². The molecule has 4 nitrogen and oxygen atoms in total. The molecule has 0 aliphatic carbocycles. The van der Waals surface area contributed by atoms with Gasteiger partial charge in [-0.2, -0.15) is 0 Å². The molecular weight excluding hydrogens is 158 g/mol. The number of nitroso groups, excluding NO2 is 1. The van der Waals surface area contributed by atoms with Crippen molar-refractivity contribution in [3.05, 3.63) is 34.7 Å². The largest absolute Gasteiger partial charge is 0.497 e. The van der Waals surface area contributed by atoms with Gasteiger partial charge in [0.2, 0.25) is 0 Å². The molecule has 0 bridgehead atoms. The van der Waals surface area contributed by atoms with Crippen LogP contribution in [0.4, 0.5) is 0 Å². The van der Waals surface area contributed by atoms with E-state index in [2.05, 4.69) is 5.18 Å². The lowest BCUT2D eigenvalue weighted by atomic mass is 10.2. The minimum Gasteiger partial charge on any atom is -0.497 e. The summed E-state index contributed by atoms with van der Waals surface area (Å²) in [6.45, 7) is 0. The van der Waals surface area contributed by atoms with Gasteiger partial charge in [0.05, 0.1) is 7.11 Å². The average molecular weight is 165 g/mol. The van der Waals surface area contributed by atoms with Crippen LogP contribution in [0.5, 0.6) is 5.75 Å². The van der Waals surface area contributed by atoms with Gasteiger partial charge in [-0.1, -0.05) is 0 Å². The van der Waals surface area contributed by atoms with Gasteiger partial charge in [0, 0.05) is 10.7 Å². The first-order chi connectivity index (χ1) is 5.77. The lowest BCUT2D eigenvalue weighted by Gasteiger charge is -1.97. The van der Waals surface area contributed by atoms with E-state index in [9.17, 15) is 9.70 Å². The van der Waals surface area contributed by atoms with Gasteiger partial charge >= 0.3 is 5.91 Å². The van der Waals surface area contributed by atoms with Crippen LogP contribution in [-0.4, -0.2) is 13.0 Å². The maximum atomic E-state index is 10.7. The fourth-order valence-electron chi connectivity index (χ4n) is 0.786. The predicted octanol–water partition coefficient (Wildman–Crippen LogP) is 1.60. The van der Waals surface area contributed by atoms with Crippen molar-refractivity contribution in [2.45, 2.75) is 0 Å². The molecule has 4 heteroatoms. The number of hydrogen-bond acceptors (Lipinski definition) is 3. The number of methoxy groups -OCH3 is 1. The first-order valence-corrected chi connectivity index (χ1v) is 3.29. The number of rotatable bonds is 2. The van der Waals surface area contributed by atoms with Crippen LogP contribution >= 0.6 is 0 Å². The molecule has 0 radical (unpaired) electrons. The van der Waals surface area contributed by atoms with Crippen LogP contribution < -0.4 is 4.74 Å². The smallest absolute Gasteiger partial charge is 0.316 e. The van der Waals surface area contributed by atoms with Crippen LogP contribution in [0.15, 0.2) is 29.4 Å². The first kappa shape index (κ1) is 8.39. The summed E-state index contributed by atoms with van der Waals surface area (Å²) in [4.78, 5) is 20.5. The zero-order valence-electron chi connectivity index (χ0n) is 6.48. The third-order valence-electron chi connectivity index (χ3n) is 1.42. The molecule has 1 amide bonds. The van der Waals surface area contributed by atoms with Crippen molar-refractivity contribution in [3.8, 4) is 5.75 Å². The lowest BCUT2D eigenvalue weighted by molar-refractivity contribution is 0.100. The van der Waals surface area contributed by atoms with Crippen LogP contribution in [0, 0.1) is 4.91 Å². The van der Waals surface area contributed by atoms with Gasteiger partial charge in [-0.05, 0) is 24.3 Å². The molecule has 1 rings (SSSR count). The zero-order valence-corrected chi connectivity index (χ0v) is 6.48. The Kier molecular flexibility index (Phi) is 2.53. The van der Waals surface area contributed by atoms with E-state index in [0.717, 1.165) is 0 Å². The summed E-state index contributed by atoms with van der Waals surface area (Å²) in [6, 6.07) is 6.17. The quantitative estimate of drug-likeness (QED) is 0.625. The molecule has 0 aliphatic heterocycles. The highest BCUT2D eigenvalue weighted by molar-refractivity contribution is 5.94. The molecule has 1 aromatic rings. The van der Waals surface area contributed by atoms with E-state index < -0.39 is 5.91 Å². The Hall–Kier alpha value is -1.71. The van der Waals surface area contributed by atoms with Gasteiger partial charge in [-0.25, -0.2) is 0 Å². The monoisotopic (exact) mass is 165 g/mol. The molecule has 12 heavy (non-hydrogen) atoms. The van der Waals surface area contributed by atoms with Crippen molar-refractivity contribution in [2.24, 2.45) is 5.18 Å². The molecule has 0 atom stereocenters. The van der Waals surface area contributed by atoms with Crippen molar-refractivity contribution in [1.82, 2.24) is 0 Å². The third-order valence-corrected chi connectivity index (χ3v) is 1.42. The summed E-state index contributed by atoms with van der Waals surface area (Å²) in [5.74, 6) is -0.130.